The second-order valence-electron chi connectivity index (χ2n) is 4.12. The molecule has 0 radical (unpaired) electrons. The third-order valence-corrected chi connectivity index (χ3v) is 4.37. The van der Waals surface area contributed by atoms with Crippen molar-refractivity contribution < 1.29 is 22.6 Å². The van der Waals surface area contributed by atoms with E-state index in [0.717, 1.165) is 0 Å². The summed E-state index contributed by atoms with van der Waals surface area (Å²) >= 11 is 3.29. The van der Waals surface area contributed by atoms with Crippen molar-refractivity contribution in [2.24, 2.45) is 0 Å². The van der Waals surface area contributed by atoms with Crippen LogP contribution in [0.3, 0.4) is 0 Å². The number of halogens is 1. The molecule has 0 unspecified atom stereocenters. The molecular weight excluding hydrogens is 362 g/mol. The third-order valence-electron chi connectivity index (χ3n) is 2.44. The first-order valence-corrected chi connectivity index (χ1v) is 8.89. The normalized spacial score (nSPS) is 11.5. The van der Waals surface area contributed by atoms with Crippen LogP contribution < -0.4 is 4.72 Å². The number of anilines is 1. The Labute approximate surface area is 134 Å². The van der Waals surface area contributed by atoms with Gasteiger partial charge in [-0.05, 0) is 28.1 Å². The maximum absolute atomic E-state index is 11.9. The van der Waals surface area contributed by atoms with Gasteiger partial charge in [0, 0.05) is 11.6 Å². The number of hydrogen-bond acceptors (Lipinski definition) is 5. The largest absolute Gasteiger partial charge is 0.382 e. The smallest absolute Gasteiger partial charge is 0.235 e. The zero-order valence-electron chi connectivity index (χ0n) is 11.9. The molecule has 1 aromatic carbocycles. The Morgan fingerprint density at radius 1 is 1.05 bits per heavy atom. The van der Waals surface area contributed by atoms with E-state index in [4.69, 9.17) is 14.2 Å². The average molecular weight is 382 g/mol. The van der Waals surface area contributed by atoms with Gasteiger partial charge in [-0.15, -0.1) is 0 Å². The highest BCUT2D eigenvalue weighted by atomic mass is 79.9. The van der Waals surface area contributed by atoms with Gasteiger partial charge < -0.3 is 14.2 Å². The van der Waals surface area contributed by atoms with Gasteiger partial charge in [0.05, 0.1) is 44.5 Å². The number of sulfonamides is 1. The van der Waals surface area contributed by atoms with Gasteiger partial charge in [0.1, 0.15) is 0 Å². The van der Waals surface area contributed by atoms with Gasteiger partial charge in [-0.25, -0.2) is 8.42 Å². The van der Waals surface area contributed by atoms with Gasteiger partial charge in [0.15, 0.2) is 0 Å². The lowest BCUT2D eigenvalue weighted by Crippen LogP contribution is -2.21. The molecular formula is C13H20BrNO5S. The molecule has 6 nitrogen and oxygen atoms in total. The molecule has 0 saturated carbocycles. The number of para-hydroxylation sites is 1. The van der Waals surface area contributed by atoms with Crippen LogP contribution in [0.5, 0.6) is 0 Å². The van der Waals surface area contributed by atoms with Gasteiger partial charge in [0.2, 0.25) is 10.0 Å². The number of ether oxygens (including phenoxy) is 3. The molecule has 120 valence electrons. The van der Waals surface area contributed by atoms with Crippen molar-refractivity contribution in [2.45, 2.75) is 0 Å². The zero-order chi connectivity index (χ0) is 15.6. The average Bonchev–Trinajstić information content (AvgIpc) is 2.44. The highest BCUT2D eigenvalue weighted by Crippen LogP contribution is 2.22. The third kappa shape index (κ3) is 8.37. The monoisotopic (exact) mass is 381 g/mol. The second kappa shape index (κ2) is 10.1. The summed E-state index contributed by atoms with van der Waals surface area (Å²) in [5, 5.41) is 0. The Morgan fingerprint density at radius 2 is 1.67 bits per heavy atom. The number of nitrogens with one attached hydrogen (secondary N) is 1. The minimum absolute atomic E-state index is 0.105. The van der Waals surface area contributed by atoms with Crippen LogP contribution in [0, 0.1) is 0 Å². The van der Waals surface area contributed by atoms with Crippen molar-refractivity contribution in [3.8, 4) is 0 Å². The van der Waals surface area contributed by atoms with E-state index >= 15 is 0 Å². The molecule has 0 bridgehead atoms. The van der Waals surface area contributed by atoms with Gasteiger partial charge >= 0.3 is 0 Å². The number of rotatable bonds is 11. The van der Waals surface area contributed by atoms with Crippen molar-refractivity contribution >= 4 is 31.6 Å². The minimum atomic E-state index is -3.42. The molecule has 0 aliphatic heterocycles. The summed E-state index contributed by atoms with van der Waals surface area (Å²) in [4.78, 5) is 0. The first-order chi connectivity index (χ1) is 10.0. The summed E-state index contributed by atoms with van der Waals surface area (Å²) in [7, 11) is -1.82. The fraction of sp³-hybridized carbons (Fsp3) is 0.538. The highest BCUT2D eigenvalue weighted by Gasteiger charge is 2.11. The predicted octanol–water partition coefficient (Wildman–Crippen LogP) is 1.87. The van der Waals surface area contributed by atoms with E-state index in [2.05, 4.69) is 20.7 Å². The van der Waals surface area contributed by atoms with Crippen molar-refractivity contribution in [3.63, 3.8) is 0 Å². The highest BCUT2D eigenvalue weighted by molar-refractivity contribution is 9.10. The van der Waals surface area contributed by atoms with Crippen LogP contribution in [0.1, 0.15) is 0 Å². The summed E-state index contributed by atoms with van der Waals surface area (Å²) in [5.41, 5.74) is 0.514. The standard InChI is InChI=1S/C13H20BrNO5S/c1-18-6-7-19-8-9-20-10-11-21(16,17)15-13-5-3-2-4-12(13)14/h2-5,15H,6-11H2,1H3. The maximum atomic E-state index is 11.9. The summed E-state index contributed by atoms with van der Waals surface area (Å²) in [6.45, 7) is 1.93. The molecule has 0 aromatic heterocycles. The molecule has 8 heteroatoms. The molecule has 0 saturated heterocycles. The Hall–Kier alpha value is -0.670. The van der Waals surface area contributed by atoms with E-state index in [1.54, 1.807) is 25.3 Å². The van der Waals surface area contributed by atoms with Crippen LogP contribution in [-0.2, 0) is 24.2 Å². The first-order valence-electron chi connectivity index (χ1n) is 6.44. The van der Waals surface area contributed by atoms with Crippen molar-refractivity contribution in [2.75, 3.05) is 50.6 Å². The Kier molecular flexibility index (Phi) is 8.86. The van der Waals surface area contributed by atoms with E-state index in [9.17, 15) is 8.42 Å². The first kappa shape index (κ1) is 18.4. The van der Waals surface area contributed by atoms with E-state index in [1.807, 2.05) is 6.07 Å². The van der Waals surface area contributed by atoms with Crippen LogP contribution in [0.25, 0.3) is 0 Å². The topological polar surface area (TPSA) is 73.9 Å². The summed E-state index contributed by atoms with van der Waals surface area (Å²) < 4.78 is 42.2. The fourth-order valence-corrected chi connectivity index (χ4v) is 2.86. The second-order valence-corrected chi connectivity index (χ2v) is 6.81. The van der Waals surface area contributed by atoms with E-state index < -0.39 is 10.0 Å². The lowest BCUT2D eigenvalue weighted by atomic mass is 10.3. The van der Waals surface area contributed by atoms with Crippen LogP contribution in [0.2, 0.25) is 0 Å². The van der Waals surface area contributed by atoms with Crippen molar-refractivity contribution in [3.05, 3.63) is 28.7 Å². The van der Waals surface area contributed by atoms with Gasteiger partial charge in [-0.3, -0.25) is 4.72 Å². The summed E-state index contributed by atoms with van der Waals surface area (Å²) in [5.74, 6) is -0.105. The van der Waals surface area contributed by atoms with Crippen LogP contribution in [0.4, 0.5) is 5.69 Å². The molecule has 0 atom stereocenters. The molecule has 21 heavy (non-hydrogen) atoms. The Morgan fingerprint density at radius 3 is 2.33 bits per heavy atom. The number of hydrogen-bond donors (Lipinski definition) is 1. The molecule has 1 aromatic rings. The predicted molar refractivity (Wildman–Crippen MR) is 85.1 cm³/mol. The minimum Gasteiger partial charge on any atom is -0.382 e. The molecule has 0 heterocycles. The number of benzene rings is 1. The maximum Gasteiger partial charge on any atom is 0.235 e. The lowest BCUT2D eigenvalue weighted by Gasteiger charge is -2.10. The van der Waals surface area contributed by atoms with E-state index in [0.29, 0.717) is 36.6 Å². The lowest BCUT2D eigenvalue weighted by molar-refractivity contribution is 0.0284. The van der Waals surface area contributed by atoms with Crippen molar-refractivity contribution in [1.82, 2.24) is 0 Å². The molecule has 0 aliphatic rings. The number of methoxy groups -OCH3 is 1. The SMILES string of the molecule is COCCOCCOCCS(=O)(=O)Nc1ccccc1Br. The van der Waals surface area contributed by atoms with Gasteiger partial charge in [0.25, 0.3) is 0 Å². The fourth-order valence-electron chi connectivity index (χ4n) is 1.40. The molecule has 0 fully saturated rings. The molecule has 1 N–H and O–H groups in total. The van der Waals surface area contributed by atoms with Crippen LogP contribution in [-0.4, -0.2) is 54.3 Å². The van der Waals surface area contributed by atoms with Crippen LogP contribution >= 0.6 is 15.9 Å². The molecule has 1 rings (SSSR count). The Bertz CT molecular complexity index is 509. The zero-order valence-corrected chi connectivity index (χ0v) is 14.3. The van der Waals surface area contributed by atoms with Crippen LogP contribution in [0.15, 0.2) is 28.7 Å². The summed E-state index contributed by atoms with van der Waals surface area (Å²) in [6.07, 6.45) is 0. The molecule has 0 amide bonds. The quantitative estimate of drug-likeness (QED) is 0.592. The van der Waals surface area contributed by atoms with E-state index in [1.165, 1.54) is 0 Å². The van der Waals surface area contributed by atoms with E-state index in [-0.39, 0.29) is 12.4 Å². The Balaban J connectivity index is 2.20. The van der Waals surface area contributed by atoms with Crippen molar-refractivity contribution in [1.29, 1.82) is 0 Å². The van der Waals surface area contributed by atoms with Gasteiger partial charge in [-0.2, -0.15) is 0 Å². The van der Waals surface area contributed by atoms with Gasteiger partial charge in [-0.1, -0.05) is 12.1 Å². The molecule has 0 aliphatic carbocycles. The summed E-state index contributed by atoms with van der Waals surface area (Å²) in [6, 6.07) is 7.03. The molecule has 0 spiro atoms.